The van der Waals surface area contributed by atoms with Crippen molar-refractivity contribution in [3.63, 3.8) is 0 Å². The Morgan fingerprint density at radius 2 is 2.17 bits per heavy atom. The number of benzene rings is 1. The van der Waals surface area contributed by atoms with Gasteiger partial charge in [0.25, 0.3) is 0 Å². The van der Waals surface area contributed by atoms with Gasteiger partial charge in [-0.25, -0.2) is 4.39 Å². The largest absolute Gasteiger partial charge is 0.489 e. The van der Waals surface area contributed by atoms with E-state index < -0.39 is 0 Å². The van der Waals surface area contributed by atoms with E-state index in [-0.39, 0.29) is 11.9 Å². The van der Waals surface area contributed by atoms with Gasteiger partial charge in [0.1, 0.15) is 17.7 Å². The molecule has 1 heterocycles. The zero-order valence-corrected chi connectivity index (χ0v) is 11.3. The summed E-state index contributed by atoms with van der Waals surface area (Å²) in [5.74, 6) is 0.808. The minimum atomic E-state index is -0.331. The number of hydrogen-bond donors (Lipinski definition) is 1. The van der Waals surface area contributed by atoms with Gasteiger partial charge in [0.2, 0.25) is 0 Å². The third-order valence-corrected chi connectivity index (χ3v) is 3.78. The maximum Gasteiger partial charge on any atom is 0.138 e. The lowest BCUT2D eigenvalue weighted by molar-refractivity contribution is 0.108. The molecule has 1 aromatic rings. The molecule has 0 bridgehead atoms. The summed E-state index contributed by atoms with van der Waals surface area (Å²) >= 11 is 5.99. The summed E-state index contributed by atoms with van der Waals surface area (Å²) in [5.41, 5.74) is 0. The Bertz CT molecular complexity index is 393. The summed E-state index contributed by atoms with van der Waals surface area (Å²) in [6, 6.07) is 4.30. The van der Waals surface area contributed by atoms with E-state index in [1.165, 1.54) is 12.1 Å². The topological polar surface area (TPSA) is 21.3 Å². The van der Waals surface area contributed by atoms with Crippen LogP contribution in [0.5, 0.6) is 5.75 Å². The van der Waals surface area contributed by atoms with Crippen LogP contribution in [0.15, 0.2) is 18.2 Å². The molecule has 1 saturated heterocycles. The molecule has 0 amide bonds. The molecular formula is C14H19ClFNO. The van der Waals surface area contributed by atoms with E-state index in [0.29, 0.717) is 16.7 Å². The Balaban J connectivity index is 2.04. The van der Waals surface area contributed by atoms with E-state index >= 15 is 0 Å². The predicted octanol–water partition coefficient (Wildman–Crippen LogP) is 3.64. The van der Waals surface area contributed by atoms with Gasteiger partial charge in [0.15, 0.2) is 0 Å². The fraction of sp³-hybridized carbons (Fsp3) is 0.571. The minimum absolute atomic E-state index is 0.162. The van der Waals surface area contributed by atoms with Crippen LogP contribution < -0.4 is 10.1 Å². The molecule has 1 N–H and O–H groups in total. The average Bonchev–Trinajstić information content (AvgIpc) is 2.39. The first-order valence-electron chi connectivity index (χ1n) is 6.53. The summed E-state index contributed by atoms with van der Waals surface area (Å²) in [6.45, 7) is 4.20. The number of rotatable bonds is 4. The van der Waals surface area contributed by atoms with Crippen LogP contribution in [0.2, 0.25) is 5.02 Å². The highest BCUT2D eigenvalue weighted by Gasteiger charge is 2.24. The average molecular weight is 272 g/mol. The van der Waals surface area contributed by atoms with Gasteiger partial charge in [-0.1, -0.05) is 18.5 Å². The molecule has 1 aliphatic rings. The van der Waals surface area contributed by atoms with Crippen molar-refractivity contribution in [3.05, 3.63) is 29.0 Å². The van der Waals surface area contributed by atoms with Gasteiger partial charge in [-0.15, -0.1) is 0 Å². The van der Waals surface area contributed by atoms with Gasteiger partial charge in [0.05, 0.1) is 5.02 Å². The van der Waals surface area contributed by atoms with Crippen molar-refractivity contribution >= 4 is 11.6 Å². The highest BCUT2D eigenvalue weighted by Crippen LogP contribution is 2.29. The highest BCUT2D eigenvalue weighted by molar-refractivity contribution is 6.32. The highest BCUT2D eigenvalue weighted by atomic mass is 35.5. The minimum Gasteiger partial charge on any atom is -0.489 e. The first-order chi connectivity index (χ1) is 8.70. The number of hydrogen-bond acceptors (Lipinski definition) is 2. The Labute approximate surface area is 112 Å². The summed E-state index contributed by atoms with van der Waals surface area (Å²) in [7, 11) is 0. The zero-order chi connectivity index (χ0) is 13.0. The molecule has 18 heavy (non-hydrogen) atoms. The van der Waals surface area contributed by atoms with Crippen molar-refractivity contribution in [2.24, 2.45) is 5.92 Å². The van der Waals surface area contributed by atoms with E-state index in [9.17, 15) is 4.39 Å². The third kappa shape index (κ3) is 3.36. The molecule has 0 radical (unpaired) electrons. The van der Waals surface area contributed by atoms with E-state index in [1.54, 1.807) is 6.07 Å². The molecule has 1 aliphatic heterocycles. The van der Waals surface area contributed by atoms with Crippen molar-refractivity contribution < 1.29 is 9.13 Å². The quantitative estimate of drug-likeness (QED) is 0.903. The number of nitrogens with one attached hydrogen (secondary N) is 1. The standard InChI is InChI=1S/C14H19ClFNO/c1-2-13(10-5-7-17-8-6-10)18-14-4-3-11(16)9-12(14)15/h3-4,9-10,13,17H,2,5-8H2,1H3. The number of piperidine rings is 1. The molecule has 100 valence electrons. The fourth-order valence-corrected chi connectivity index (χ4v) is 2.67. The van der Waals surface area contributed by atoms with Crippen LogP contribution in [0.25, 0.3) is 0 Å². The van der Waals surface area contributed by atoms with Crippen molar-refractivity contribution in [3.8, 4) is 5.75 Å². The third-order valence-electron chi connectivity index (χ3n) is 3.48. The maximum atomic E-state index is 13.0. The molecule has 1 aromatic carbocycles. The van der Waals surface area contributed by atoms with Crippen LogP contribution in [0, 0.1) is 11.7 Å². The van der Waals surface area contributed by atoms with Gasteiger partial charge in [0, 0.05) is 0 Å². The molecule has 2 rings (SSSR count). The molecular weight excluding hydrogens is 253 g/mol. The van der Waals surface area contributed by atoms with Crippen molar-refractivity contribution in [2.45, 2.75) is 32.3 Å². The van der Waals surface area contributed by atoms with Crippen LogP contribution in [0.4, 0.5) is 4.39 Å². The van der Waals surface area contributed by atoms with Gasteiger partial charge in [-0.2, -0.15) is 0 Å². The van der Waals surface area contributed by atoms with Gasteiger partial charge in [-0.05, 0) is 56.5 Å². The normalized spacial score (nSPS) is 18.6. The van der Waals surface area contributed by atoms with Crippen LogP contribution >= 0.6 is 11.6 Å². The van der Waals surface area contributed by atoms with Crippen molar-refractivity contribution in [1.29, 1.82) is 0 Å². The van der Waals surface area contributed by atoms with Crippen LogP contribution in [-0.4, -0.2) is 19.2 Å². The van der Waals surface area contributed by atoms with Gasteiger partial charge >= 0.3 is 0 Å². The second-order valence-corrected chi connectivity index (χ2v) is 5.13. The zero-order valence-electron chi connectivity index (χ0n) is 10.6. The van der Waals surface area contributed by atoms with Crippen molar-refractivity contribution in [2.75, 3.05) is 13.1 Å². The summed E-state index contributed by atoms with van der Waals surface area (Å²) in [4.78, 5) is 0. The van der Waals surface area contributed by atoms with E-state index in [2.05, 4.69) is 12.2 Å². The molecule has 0 saturated carbocycles. The summed E-state index contributed by atoms with van der Waals surface area (Å²) in [5, 5.41) is 3.69. The molecule has 0 spiro atoms. The van der Waals surface area contributed by atoms with E-state index in [4.69, 9.17) is 16.3 Å². The molecule has 2 nitrogen and oxygen atoms in total. The van der Waals surface area contributed by atoms with Gasteiger partial charge in [-0.3, -0.25) is 0 Å². The monoisotopic (exact) mass is 271 g/mol. The molecule has 1 fully saturated rings. The number of ether oxygens (including phenoxy) is 1. The first kappa shape index (κ1) is 13.6. The second kappa shape index (κ2) is 6.39. The first-order valence-corrected chi connectivity index (χ1v) is 6.91. The van der Waals surface area contributed by atoms with Crippen LogP contribution in [0.3, 0.4) is 0 Å². The Morgan fingerprint density at radius 3 is 2.78 bits per heavy atom. The Hall–Kier alpha value is -0.800. The van der Waals surface area contributed by atoms with Gasteiger partial charge < -0.3 is 10.1 Å². The lowest BCUT2D eigenvalue weighted by atomic mass is 9.90. The van der Waals surface area contributed by atoms with Crippen molar-refractivity contribution in [1.82, 2.24) is 5.32 Å². The Morgan fingerprint density at radius 1 is 1.44 bits per heavy atom. The predicted molar refractivity (Wildman–Crippen MR) is 71.7 cm³/mol. The lowest BCUT2D eigenvalue weighted by Gasteiger charge is -2.30. The maximum absolute atomic E-state index is 13.0. The smallest absolute Gasteiger partial charge is 0.138 e. The Kier molecular flexibility index (Phi) is 4.84. The lowest BCUT2D eigenvalue weighted by Crippen LogP contribution is -2.36. The summed E-state index contributed by atoms with van der Waals surface area (Å²) < 4.78 is 18.9. The number of halogens is 2. The van der Waals surface area contributed by atoms with E-state index in [0.717, 1.165) is 32.4 Å². The van der Waals surface area contributed by atoms with Crippen LogP contribution in [0.1, 0.15) is 26.2 Å². The second-order valence-electron chi connectivity index (χ2n) is 4.73. The molecule has 0 aromatic heterocycles. The van der Waals surface area contributed by atoms with Crippen LogP contribution in [-0.2, 0) is 0 Å². The molecule has 1 atom stereocenters. The fourth-order valence-electron chi connectivity index (χ4n) is 2.46. The summed E-state index contributed by atoms with van der Waals surface area (Å²) in [6.07, 6.45) is 3.35. The molecule has 1 unspecified atom stereocenters. The SMILES string of the molecule is CCC(Oc1ccc(F)cc1Cl)C1CCNCC1. The molecule has 0 aliphatic carbocycles. The molecule has 4 heteroatoms. The van der Waals surface area contributed by atoms with E-state index in [1.807, 2.05) is 0 Å².